The summed E-state index contributed by atoms with van der Waals surface area (Å²) in [5.74, 6) is -3.63. The van der Waals surface area contributed by atoms with Crippen LogP contribution in [0.1, 0.15) is 31.1 Å². The molecule has 1 saturated heterocycles. The zero-order valence-electron chi connectivity index (χ0n) is 19.7. The van der Waals surface area contributed by atoms with Gasteiger partial charge in [-0.1, -0.05) is 0 Å². The van der Waals surface area contributed by atoms with Gasteiger partial charge in [0, 0.05) is 63.1 Å². The van der Waals surface area contributed by atoms with E-state index in [9.17, 15) is 13.6 Å². The smallest absolute Gasteiger partial charge is 0.303 e. The first-order valence-corrected chi connectivity index (χ1v) is 11.1. The summed E-state index contributed by atoms with van der Waals surface area (Å²) in [6, 6.07) is 3.13. The van der Waals surface area contributed by atoms with Crippen molar-refractivity contribution in [2.75, 3.05) is 36.9 Å². The number of nitrogens with zero attached hydrogens (tertiary/aromatic N) is 6. The maximum atomic E-state index is 13.9. The van der Waals surface area contributed by atoms with Gasteiger partial charge in [-0.25, -0.2) is 15.0 Å². The summed E-state index contributed by atoms with van der Waals surface area (Å²) >= 11 is 0. The van der Waals surface area contributed by atoms with Gasteiger partial charge in [0.15, 0.2) is 0 Å². The first-order valence-electron chi connectivity index (χ1n) is 11.1. The van der Waals surface area contributed by atoms with Crippen molar-refractivity contribution in [2.24, 2.45) is 0 Å². The molecule has 1 fully saturated rings. The van der Waals surface area contributed by atoms with Crippen molar-refractivity contribution < 1.29 is 18.3 Å². The second-order valence-corrected chi connectivity index (χ2v) is 8.31. The molecule has 184 valence electrons. The van der Waals surface area contributed by atoms with Gasteiger partial charge in [0.2, 0.25) is 11.7 Å². The number of morpholine rings is 1. The topological polar surface area (TPSA) is 118 Å². The first kappa shape index (κ1) is 24.5. The number of anilines is 3. The van der Waals surface area contributed by atoms with Gasteiger partial charge in [0.05, 0.1) is 42.7 Å². The highest BCUT2D eigenvalue weighted by Gasteiger charge is 2.29. The molecule has 0 aromatic carbocycles. The molecule has 0 aliphatic carbocycles. The Balaban J connectivity index is 1.65. The molecule has 3 aromatic rings. The summed E-state index contributed by atoms with van der Waals surface area (Å²) in [5, 5.41) is 5.67. The fourth-order valence-electron chi connectivity index (χ4n) is 3.54. The van der Waals surface area contributed by atoms with Crippen LogP contribution in [0, 0.1) is 6.92 Å². The van der Waals surface area contributed by atoms with Crippen LogP contribution < -0.4 is 10.6 Å². The van der Waals surface area contributed by atoms with Crippen molar-refractivity contribution in [3.05, 3.63) is 47.9 Å². The molecule has 4 heterocycles. The van der Waals surface area contributed by atoms with E-state index >= 15 is 0 Å². The summed E-state index contributed by atoms with van der Waals surface area (Å²) in [7, 11) is 0. The van der Waals surface area contributed by atoms with Gasteiger partial charge >= 0.3 is 5.92 Å². The lowest BCUT2D eigenvalue weighted by atomic mass is 10.1. The number of carbonyl (C=O) groups is 1. The largest absolute Gasteiger partial charge is 0.379 e. The molecule has 0 saturated carbocycles. The number of aromatic nitrogens is 5. The third-order valence-corrected chi connectivity index (χ3v) is 5.19. The lowest BCUT2D eigenvalue weighted by Gasteiger charge is -2.26. The summed E-state index contributed by atoms with van der Waals surface area (Å²) in [6.07, 6.45) is 4.86. The lowest BCUT2D eigenvalue weighted by Crippen LogP contribution is -2.35. The number of pyridine rings is 1. The van der Waals surface area contributed by atoms with Crippen LogP contribution in [0.2, 0.25) is 0 Å². The zero-order valence-corrected chi connectivity index (χ0v) is 19.7. The summed E-state index contributed by atoms with van der Waals surface area (Å²) in [5.41, 5.74) is 2.73. The molecule has 1 amide bonds. The van der Waals surface area contributed by atoms with Crippen LogP contribution in [0.3, 0.4) is 0 Å². The van der Waals surface area contributed by atoms with Gasteiger partial charge in [0.25, 0.3) is 0 Å². The van der Waals surface area contributed by atoms with Gasteiger partial charge in [-0.15, -0.1) is 0 Å². The molecule has 0 bridgehead atoms. The first-order chi connectivity index (χ1) is 16.7. The Morgan fingerprint density at radius 1 is 1.09 bits per heavy atom. The van der Waals surface area contributed by atoms with E-state index < -0.39 is 11.7 Å². The molecule has 4 rings (SSSR count). The van der Waals surface area contributed by atoms with E-state index in [4.69, 9.17) is 4.74 Å². The lowest BCUT2D eigenvalue weighted by molar-refractivity contribution is -0.114. The molecular weight excluding hydrogens is 458 g/mol. The van der Waals surface area contributed by atoms with Crippen molar-refractivity contribution in [1.82, 2.24) is 29.8 Å². The fraction of sp³-hybridized carbons (Fsp3) is 0.391. The summed E-state index contributed by atoms with van der Waals surface area (Å²) < 4.78 is 33.1. The Hall–Kier alpha value is -3.64. The SMILES string of the molecule is CC(=O)Nc1cc(Nc2cc(C)nc(C(C)(F)F)n2)c(-c2cnc(CN3CCOCC3)cn2)cn1. The Morgan fingerprint density at radius 2 is 1.86 bits per heavy atom. The number of halogens is 2. The number of hydrogen-bond donors (Lipinski definition) is 2. The summed E-state index contributed by atoms with van der Waals surface area (Å²) in [6.45, 7) is 7.44. The van der Waals surface area contributed by atoms with E-state index in [0.717, 1.165) is 25.7 Å². The average molecular weight is 485 g/mol. The third kappa shape index (κ3) is 6.49. The minimum absolute atomic E-state index is 0.173. The molecule has 3 aromatic heterocycles. The summed E-state index contributed by atoms with van der Waals surface area (Å²) in [4.78, 5) is 34.9. The van der Waals surface area contributed by atoms with Crippen molar-refractivity contribution in [3.8, 4) is 11.3 Å². The van der Waals surface area contributed by atoms with E-state index in [1.54, 1.807) is 31.5 Å². The van der Waals surface area contributed by atoms with Crippen molar-refractivity contribution in [2.45, 2.75) is 33.2 Å². The second kappa shape index (κ2) is 10.3. The fourth-order valence-corrected chi connectivity index (χ4v) is 3.54. The minimum Gasteiger partial charge on any atom is -0.379 e. The van der Waals surface area contributed by atoms with Gasteiger partial charge in [-0.2, -0.15) is 8.78 Å². The highest BCUT2D eigenvalue weighted by Crippen LogP contribution is 2.31. The quantitative estimate of drug-likeness (QED) is 0.521. The molecule has 10 nitrogen and oxygen atoms in total. The van der Waals surface area contributed by atoms with Crippen LogP contribution in [-0.2, 0) is 22.0 Å². The van der Waals surface area contributed by atoms with E-state index in [1.807, 2.05) is 0 Å². The van der Waals surface area contributed by atoms with E-state index in [1.165, 1.54) is 13.1 Å². The normalized spacial score (nSPS) is 14.5. The van der Waals surface area contributed by atoms with E-state index in [2.05, 4.69) is 40.5 Å². The predicted octanol–water partition coefficient (Wildman–Crippen LogP) is 3.28. The molecule has 1 aliphatic heterocycles. The molecule has 0 unspecified atom stereocenters. The predicted molar refractivity (Wildman–Crippen MR) is 125 cm³/mol. The van der Waals surface area contributed by atoms with Crippen LogP contribution in [0.5, 0.6) is 0 Å². The minimum atomic E-state index is -3.20. The molecule has 1 aliphatic rings. The standard InChI is InChI=1S/C23H26F2N8O2/c1-14-8-21(32-22(29-14)23(3,24)25)31-18-9-20(30-15(2)34)28-11-17(18)19-12-26-16(10-27-19)13-33-4-6-35-7-5-33/h8-12H,4-7,13H2,1-3H3,(H2,28,29,30,31,32,34). The molecular formula is C23H26F2N8O2. The number of amides is 1. The molecule has 2 N–H and O–H groups in total. The van der Waals surface area contributed by atoms with Crippen LogP contribution in [0.15, 0.2) is 30.7 Å². The van der Waals surface area contributed by atoms with E-state index in [0.29, 0.717) is 42.4 Å². The highest BCUT2D eigenvalue weighted by molar-refractivity contribution is 5.89. The Labute approximate surface area is 201 Å². The molecule has 0 atom stereocenters. The monoisotopic (exact) mass is 484 g/mol. The van der Waals surface area contributed by atoms with Gasteiger partial charge in [-0.3, -0.25) is 19.7 Å². The number of alkyl halides is 2. The van der Waals surface area contributed by atoms with Gasteiger partial charge in [-0.05, 0) is 6.92 Å². The molecule has 0 spiro atoms. The van der Waals surface area contributed by atoms with Crippen LogP contribution in [0.4, 0.5) is 26.1 Å². The molecule has 12 heteroatoms. The highest BCUT2D eigenvalue weighted by atomic mass is 19.3. The van der Waals surface area contributed by atoms with Gasteiger partial charge in [0.1, 0.15) is 11.6 Å². The maximum absolute atomic E-state index is 13.9. The average Bonchev–Trinajstić information content (AvgIpc) is 2.79. The number of aryl methyl sites for hydroxylation is 1. The van der Waals surface area contributed by atoms with Crippen molar-refractivity contribution in [1.29, 1.82) is 0 Å². The molecule has 35 heavy (non-hydrogen) atoms. The van der Waals surface area contributed by atoms with Crippen molar-refractivity contribution in [3.63, 3.8) is 0 Å². The maximum Gasteiger partial charge on any atom is 0.303 e. The van der Waals surface area contributed by atoms with Gasteiger partial charge < -0.3 is 15.4 Å². The van der Waals surface area contributed by atoms with Crippen LogP contribution in [0.25, 0.3) is 11.3 Å². The Kier molecular flexibility index (Phi) is 7.22. The van der Waals surface area contributed by atoms with Crippen LogP contribution >= 0.6 is 0 Å². The second-order valence-electron chi connectivity index (χ2n) is 8.31. The number of hydrogen-bond acceptors (Lipinski definition) is 9. The number of ether oxygens (including phenoxy) is 1. The Bertz CT molecular complexity index is 1200. The van der Waals surface area contributed by atoms with Crippen LogP contribution in [-0.4, -0.2) is 62.0 Å². The number of rotatable bonds is 7. The Morgan fingerprint density at radius 3 is 2.51 bits per heavy atom. The molecule has 0 radical (unpaired) electrons. The third-order valence-electron chi connectivity index (χ3n) is 5.19. The van der Waals surface area contributed by atoms with Crippen molar-refractivity contribution >= 4 is 23.2 Å². The number of carbonyl (C=O) groups excluding carboxylic acids is 1. The zero-order chi connectivity index (χ0) is 25.0. The number of nitrogens with one attached hydrogen (secondary N) is 2. The van der Waals surface area contributed by atoms with E-state index in [-0.39, 0.29) is 17.5 Å².